The quantitative estimate of drug-likeness (QED) is 0.313. The minimum atomic E-state index is -0.937. The van der Waals surface area contributed by atoms with E-state index in [4.69, 9.17) is 16.9 Å². The Morgan fingerprint density at radius 1 is 1.04 bits per heavy atom. The number of nitrogens with one attached hydrogen (secondary N) is 3. The maximum absolute atomic E-state index is 12.4. The monoisotopic (exact) mass is 395 g/mol. The summed E-state index contributed by atoms with van der Waals surface area (Å²) in [4.78, 5) is 39.9. The Hall–Kier alpha value is -2.36. The van der Waals surface area contributed by atoms with Gasteiger partial charge in [-0.1, -0.05) is 12.8 Å². The predicted octanol–water partition coefficient (Wildman–Crippen LogP) is -0.462. The Balaban J connectivity index is 1.69. The first kappa shape index (κ1) is 21.9. The van der Waals surface area contributed by atoms with E-state index in [0.717, 1.165) is 45.1 Å². The van der Waals surface area contributed by atoms with Gasteiger partial charge in [-0.25, -0.2) is 4.79 Å². The van der Waals surface area contributed by atoms with Gasteiger partial charge in [-0.05, 0) is 31.6 Å². The summed E-state index contributed by atoms with van der Waals surface area (Å²) in [5.41, 5.74) is 11.4. The highest BCUT2D eigenvalue weighted by Gasteiger charge is 2.25. The summed E-state index contributed by atoms with van der Waals surface area (Å²) in [7, 11) is 0. The van der Waals surface area contributed by atoms with Crippen molar-refractivity contribution in [1.82, 2.24) is 20.4 Å². The fourth-order valence-corrected chi connectivity index (χ4v) is 3.72. The number of nitrogens with zero attached hydrogens (tertiary/aromatic N) is 2. The summed E-state index contributed by atoms with van der Waals surface area (Å²) in [6.45, 7) is 3.10. The van der Waals surface area contributed by atoms with Gasteiger partial charge in [-0.15, -0.1) is 0 Å². The molecule has 158 valence electrons. The number of urea groups is 1. The summed E-state index contributed by atoms with van der Waals surface area (Å²) in [5.74, 6) is -0.594. The summed E-state index contributed by atoms with van der Waals surface area (Å²) in [6, 6.07) is -1.53. The second kappa shape index (κ2) is 10.8. The van der Waals surface area contributed by atoms with Crippen molar-refractivity contribution in [3.8, 4) is 0 Å². The highest BCUT2D eigenvalue weighted by molar-refractivity contribution is 5.97. The molecule has 7 N–H and O–H groups in total. The first-order valence-electron chi connectivity index (χ1n) is 10.1. The van der Waals surface area contributed by atoms with Crippen LogP contribution < -0.4 is 22.1 Å². The lowest BCUT2D eigenvalue weighted by molar-refractivity contribution is -0.134. The van der Waals surface area contributed by atoms with Crippen molar-refractivity contribution < 1.29 is 14.4 Å². The van der Waals surface area contributed by atoms with E-state index >= 15 is 0 Å². The molecule has 0 bridgehead atoms. The molecule has 0 radical (unpaired) electrons. The molecule has 0 aromatic rings. The number of likely N-dealkylation sites (tertiary alicyclic amines) is 2. The second-order valence-electron chi connectivity index (χ2n) is 7.65. The van der Waals surface area contributed by atoms with Crippen LogP contribution in [0.2, 0.25) is 0 Å². The molecular formula is C18H33N7O3. The number of carbonyl (C=O) groups excluding carboxylic acids is 3. The molecule has 28 heavy (non-hydrogen) atoms. The van der Waals surface area contributed by atoms with E-state index in [9.17, 15) is 14.4 Å². The van der Waals surface area contributed by atoms with E-state index < -0.39 is 18.0 Å². The Bertz CT molecular complexity index is 576. The molecule has 10 nitrogen and oxygen atoms in total. The van der Waals surface area contributed by atoms with E-state index in [1.54, 1.807) is 9.80 Å². The largest absolute Gasteiger partial charge is 0.370 e. The fraction of sp³-hybridized carbons (Fsp3) is 0.778. The van der Waals surface area contributed by atoms with Crippen molar-refractivity contribution in [3.63, 3.8) is 0 Å². The molecule has 0 spiro atoms. The zero-order valence-corrected chi connectivity index (χ0v) is 16.4. The van der Waals surface area contributed by atoms with Crippen molar-refractivity contribution in [2.24, 2.45) is 17.4 Å². The summed E-state index contributed by atoms with van der Waals surface area (Å²) >= 11 is 0. The Morgan fingerprint density at radius 2 is 1.68 bits per heavy atom. The summed E-state index contributed by atoms with van der Waals surface area (Å²) in [5, 5.41) is 12.4. The lowest BCUT2D eigenvalue weighted by Gasteiger charge is -2.32. The van der Waals surface area contributed by atoms with E-state index in [0.29, 0.717) is 26.2 Å². The number of piperidine rings is 1. The molecule has 0 unspecified atom stereocenters. The first-order valence-corrected chi connectivity index (χ1v) is 10.1. The maximum Gasteiger partial charge on any atom is 0.321 e. The SMILES string of the molecule is N=C(N)N1CCC[C@@H](CNC(=O)NC(=O)C[C@H](N)C(=O)N2CCCCCC2)C1. The molecule has 2 fully saturated rings. The van der Waals surface area contributed by atoms with Crippen molar-refractivity contribution >= 4 is 23.8 Å². The van der Waals surface area contributed by atoms with Crippen LogP contribution in [0.3, 0.4) is 0 Å². The fourth-order valence-electron chi connectivity index (χ4n) is 3.72. The Labute approximate surface area is 165 Å². The van der Waals surface area contributed by atoms with Gasteiger partial charge in [-0.2, -0.15) is 0 Å². The lowest BCUT2D eigenvalue weighted by Crippen LogP contribution is -2.49. The molecule has 4 amide bonds. The van der Waals surface area contributed by atoms with Gasteiger partial charge in [0, 0.05) is 32.7 Å². The number of nitrogens with two attached hydrogens (primary N) is 2. The van der Waals surface area contributed by atoms with E-state index in [1.807, 2.05) is 0 Å². The number of carbonyl (C=O) groups is 3. The highest BCUT2D eigenvalue weighted by Crippen LogP contribution is 2.15. The van der Waals surface area contributed by atoms with Crippen LogP contribution in [-0.2, 0) is 9.59 Å². The second-order valence-corrected chi connectivity index (χ2v) is 7.65. The maximum atomic E-state index is 12.4. The Kier molecular flexibility index (Phi) is 8.49. The molecular weight excluding hydrogens is 362 g/mol. The smallest absolute Gasteiger partial charge is 0.321 e. The standard InChI is InChI=1S/C18H33N7O3/c19-14(16(27)24-7-3-1-2-4-8-24)10-15(26)23-18(28)22-11-13-6-5-9-25(12-13)17(20)21/h13-14H,1-12,19H2,(H3,20,21)(H2,22,23,26,28)/t13-,14-/m0/s1. The average Bonchev–Trinajstić information content (AvgIpc) is 2.95. The number of amides is 4. The van der Waals surface area contributed by atoms with Crippen LogP contribution in [-0.4, -0.2) is 72.4 Å². The Morgan fingerprint density at radius 3 is 2.32 bits per heavy atom. The van der Waals surface area contributed by atoms with Crippen LogP contribution in [0.1, 0.15) is 44.9 Å². The average molecular weight is 396 g/mol. The molecule has 2 aliphatic rings. The highest BCUT2D eigenvalue weighted by atomic mass is 16.2. The van der Waals surface area contributed by atoms with Gasteiger partial charge >= 0.3 is 6.03 Å². The summed E-state index contributed by atoms with van der Waals surface area (Å²) < 4.78 is 0. The van der Waals surface area contributed by atoms with Gasteiger partial charge in [-0.3, -0.25) is 20.3 Å². The third kappa shape index (κ3) is 6.99. The van der Waals surface area contributed by atoms with Crippen LogP contribution >= 0.6 is 0 Å². The lowest BCUT2D eigenvalue weighted by atomic mass is 9.98. The van der Waals surface area contributed by atoms with E-state index in [1.165, 1.54) is 0 Å². The van der Waals surface area contributed by atoms with Crippen LogP contribution in [0.25, 0.3) is 0 Å². The third-order valence-corrected chi connectivity index (χ3v) is 5.30. The molecule has 2 aliphatic heterocycles. The van der Waals surface area contributed by atoms with Crippen LogP contribution in [0, 0.1) is 11.3 Å². The molecule has 0 saturated carbocycles. The van der Waals surface area contributed by atoms with Gasteiger partial charge in [0.2, 0.25) is 11.8 Å². The summed E-state index contributed by atoms with van der Waals surface area (Å²) in [6.07, 6.45) is 5.72. The van der Waals surface area contributed by atoms with Gasteiger partial charge < -0.3 is 26.6 Å². The van der Waals surface area contributed by atoms with Crippen LogP contribution in [0.5, 0.6) is 0 Å². The predicted molar refractivity (Wildman–Crippen MR) is 105 cm³/mol. The molecule has 2 atom stereocenters. The number of hydrogen-bond donors (Lipinski definition) is 5. The molecule has 0 aliphatic carbocycles. The van der Waals surface area contributed by atoms with Gasteiger partial charge in [0.1, 0.15) is 0 Å². The minimum Gasteiger partial charge on any atom is -0.370 e. The van der Waals surface area contributed by atoms with Crippen molar-refractivity contribution in [2.45, 2.75) is 51.0 Å². The van der Waals surface area contributed by atoms with Crippen LogP contribution in [0.15, 0.2) is 0 Å². The minimum absolute atomic E-state index is 0.0346. The first-order chi connectivity index (χ1) is 13.4. The van der Waals surface area contributed by atoms with Crippen molar-refractivity contribution in [2.75, 3.05) is 32.7 Å². The number of rotatable bonds is 5. The van der Waals surface area contributed by atoms with Gasteiger partial charge in [0.25, 0.3) is 0 Å². The zero-order valence-electron chi connectivity index (χ0n) is 16.4. The van der Waals surface area contributed by atoms with E-state index in [-0.39, 0.29) is 24.2 Å². The molecule has 2 heterocycles. The zero-order chi connectivity index (χ0) is 20.5. The molecule has 0 aromatic heterocycles. The van der Waals surface area contributed by atoms with Gasteiger partial charge in [0.05, 0.1) is 12.5 Å². The van der Waals surface area contributed by atoms with Crippen LogP contribution in [0.4, 0.5) is 4.79 Å². The van der Waals surface area contributed by atoms with Gasteiger partial charge in [0.15, 0.2) is 5.96 Å². The molecule has 0 aromatic carbocycles. The van der Waals surface area contributed by atoms with Crippen molar-refractivity contribution in [1.29, 1.82) is 5.41 Å². The number of imide groups is 1. The molecule has 2 saturated heterocycles. The topological polar surface area (TPSA) is 158 Å². The molecule has 2 rings (SSSR count). The normalized spacial score (nSPS) is 21.4. The molecule has 10 heteroatoms. The van der Waals surface area contributed by atoms with E-state index in [2.05, 4.69) is 10.6 Å². The number of guanidine groups is 1. The third-order valence-electron chi connectivity index (χ3n) is 5.30. The van der Waals surface area contributed by atoms with Crippen molar-refractivity contribution in [3.05, 3.63) is 0 Å². The number of hydrogen-bond acceptors (Lipinski definition) is 5.